The van der Waals surface area contributed by atoms with Crippen molar-refractivity contribution in [2.45, 2.75) is 19.0 Å². The molecule has 25 heavy (non-hydrogen) atoms. The van der Waals surface area contributed by atoms with Crippen molar-refractivity contribution in [1.82, 2.24) is 20.5 Å². The number of benzene rings is 1. The average molecular weight is 365 g/mol. The third-order valence-corrected chi connectivity index (χ3v) is 3.66. The molecule has 0 saturated carbocycles. The summed E-state index contributed by atoms with van der Waals surface area (Å²) in [7, 11) is 0. The third-order valence-electron chi connectivity index (χ3n) is 2.79. The molecule has 2 rings (SSSR count). The molecule has 134 valence electrons. The van der Waals surface area contributed by atoms with Gasteiger partial charge >= 0.3 is 6.03 Å². The number of imide groups is 1. The molecule has 1 aromatic heterocycles. The summed E-state index contributed by atoms with van der Waals surface area (Å²) in [5.41, 5.74) is 0.486. The van der Waals surface area contributed by atoms with Gasteiger partial charge in [-0.3, -0.25) is 15.2 Å². The van der Waals surface area contributed by atoms with Crippen molar-refractivity contribution in [2.24, 2.45) is 0 Å². The van der Waals surface area contributed by atoms with E-state index in [2.05, 4.69) is 25.8 Å². The maximum absolute atomic E-state index is 11.9. The first-order chi connectivity index (χ1) is 12.1. The third kappa shape index (κ3) is 5.99. The molecule has 3 amide bonds. The van der Waals surface area contributed by atoms with E-state index in [1.165, 1.54) is 6.33 Å². The number of anilines is 1. The lowest BCUT2D eigenvalue weighted by molar-refractivity contribution is -0.117. The molecule has 0 atom stereocenters. The lowest BCUT2D eigenvalue weighted by Gasteiger charge is -2.13. The number of urea groups is 1. The molecular weight excluding hydrogens is 346 g/mol. The number of carbonyl (C=O) groups is 2. The summed E-state index contributed by atoms with van der Waals surface area (Å²) in [6.45, 7) is 4.70. The molecule has 0 aliphatic heterocycles. The van der Waals surface area contributed by atoms with Gasteiger partial charge in [-0.25, -0.2) is 9.78 Å². The minimum absolute atomic E-state index is 0.0378. The summed E-state index contributed by atoms with van der Waals surface area (Å²) in [5, 5.41) is 11.6. The smallest absolute Gasteiger partial charge is 0.325 e. The fourth-order valence-corrected chi connectivity index (χ4v) is 2.43. The molecule has 9 nitrogen and oxygen atoms in total. The summed E-state index contributed by atoms with van der Waals surface area (Å²) < 4.78 is 10.9. The quantitative estimate of drug-likeness (QED) is 0.613. The fraction of sp³-hybridized carbons (Fsp3) is 0.333. The number of aromatic nitrogens is 3. The van der Waals surface area contributed by atoms with Gasteiger partial charge in [0, 0.05) is 11.8 Å². The van der Waals surface area contributed by atoms with E-state index >= 15 is 0 Å². The van der Waals surface area contributed by atoms with E-state index < -0.39 is 11.9 Å². The maximum Gasteiger partial charge on any atom is 0.325 e. The molecule has 0 unspecified atom stereocenters. The Balaban J connectivity index is 1.88. The number of amides is 3. The number of hydrogen-bond donors (Lipinski definition) is 3. The Morgan fingerprint density at radius 3 is 2.64 bits per heavy atom. The predicted molar refractivity (Wildman–Crippen MR) is 93.0 cm³/mol. The minimum Gasteiger partial charge on any atom is -0.490 e. The number of thioether (sulfide) groups is 1. The molecule has 0 radical (unpaired) electrons. The van der Waals surface area contributed by atoms with Crippen molar-refractivity contribution < 1.29 is 19.1 Å². The topological polar surface area (TPSA) is 118 Å². The van der Waals surface area contributed by atoms with Gasteiger partial charge in [0.05, 0.1) is 19.0 Å². The molecule has 1 heterocycles. The summed E-state index contributed by atoms with van der Waals surface area (Å²) in [4.78, 5) is 27.5. The Morgan fingerprint density at radius 2 is 1.96 bits per heavy atom. The molecule has 0 bridgehead atoms. The second kappa shape index (κ2) is 9.52. The molecule has 0 aliphatic carbocycles. The lowest BCUT2D eigenvalue weighted by Crippen LogP contribution is -2.35. The second-order valence-corrected chi connectivity index (χ2v) is 5.57. The number of aromatic amines is 1. The van der Waals surface area contributed by atoms with Gasteiger partial charge in [0.15, 0.2) is 16.7 Å². The SMILES string of the molecule is CCOc1ccc(NC(=O)NC(=O)CSc2ncn[nH]2)cc1OCC. The van der Waals surface area contributed by atoms with E-state index in [4.69, 9.17) is 9.47 Å². The minimum atomic E-state index is -0.630. The monoisotopic (exact) mass is 365 g/mol. The number of nitrogens with zero attached hydrogens (tertiary/aromatic N) is 2. The summed E-state index contributed by atoms with van der Waals surface area (Å²) in [5.74, 6) is 0.704. The number of carbonyl (C=O) groups excluding carboxylic acids is 2. The van der Waals surface area contributed by atoms with Crippen LogP contribution in [0.1, 0.15) is 13.8 Å². The molecule has 2 aromatic rings. The van der Waals surface area contributed by atoms with Gasteiger partial charge < -0.3 is 14.8 Å². The summed E-state index contributed by atoms with van der Waals surface area (Å²) >= 11 is 1.14. The molecule has 0 fully saturated rings. The number of ether oxygens (including phenoxy) is 2. The lowest BCUT2D eigenvalue weighted by atomic mass is 10.2. The van der Waals surface area contributed by atoms with Crippen LogP contribution in [-0.2, 0) is 4.79 Å². The van der Waals surface area contributed by atoms with Crippen LogP contribution >= 0.6 is 11.8 Å². The van der Waals surface area contributed by atoms with Crippen LogP contribution in [0, 0.1) is 0 Å². The number of hydrogen-bond acceptors (Lipinski definition) is 7. The van der Waals surface area contributed by atoms with Gasteiger partial charge in [-0.15, -0.1) is 0 Å². The van der Waals surface area contributed by atoms with Crippen LogP contribution in [0.5, 0.6) is 11.5 Å². The predicted octanol–water partition coefficient (Wildman–Crippen LogP) is 2.04. The number of H-pyrrole nitrogens is 1. The molecule has 1 aromatic carbocycles. The summed E-state index contributed by atoms with van der Waals surface area (Å²) in [6, 6.07) is 4.38. The van der Waals surface area contributed by atoms with Crippen molar-refractivity contribution in [1.29, 1.82) is 0 Å². The van der Waals surface area contributed by atoms with Gasteiger partial charge in [0.1, 0.15) is 6.33 Å². The van der Waals surface area contributed by atoms with Gasteiger partial charge in [0.2, 0.25) is 5.91 Å². The molecule has 0 aliphatic rings. The molecule has 10 heteroatoms. The van der Waals surface area contributed by atoms with E-state index in [-0.39, 0.29) is 5.75 Å². The normalized spacial score (nSPS) is 10.2. The van der Waals surface area contributed by atoms with Crippen molar-refractivity contribution in [3.05, 3.63) is 24.5 Å². The first-order valence-electron chi connectivity index (χ1n) is 7.61. The average Bonchev–Trinajstić information content (AvgIpc) is 3.09. The van der Waals surface area contributed by atoms with Crippen LogP contribution < -0.4 is 20.1 Å². The Bertz CT molecular complexity index is 708. The van der Waals surface area contributed by atoms with Gasteiger partial charge in [-0.2, -0.15) is 5.10 Å². The van der Waals surface area contributed by atoms with Crippen molar-refractivity contribution in [2.75, 3.05) is 24.3 Å². The van der Waals surface area contributed by atoms with E-state index in [0.717, 1.165) is 11.8 Å². The van der Waals surface area contributed by atoms with Gasteiger partial charge in [-0.05, 0) is 26.0 Å². The Morgan fingerprint density at radius 1 is 1.20 bits per heavy atom. The standard InChI is InChI=1S/C15H19N5O4S/c1-3-23-11-6-5-10(7-12(11)24-4-2)18-14(22)19-13(21)8-25-15-16-9-17-20-15/h5-7,9H,3-4,8H2,1-2H3,(H,16,17,20)(H2,18,19,21,22). The molecular formula is C15H19N5O4S. The van der Waals surface area contributed by atoms with Crippen LogP contribution in [-0.4, -0.2) is 46.1 Å². The highest BCUT2D eigenvalue weighted by Crippen LogP contribution is 2.30. The Kier molecular flexibility index (Phi) is 7.08. The number of rotatable bonds is 8. The Hall–Kier alpha value is -2.75. The number of nitrogens with one attached hydrogen (secondary N) is 3. The maximum atomic E-state index is 11.9. The first-order valence-corrected chi connectivity index (χ1v) is 8.59. The zero-order valence-corrected chi connectivity index (χ0v) is 14.7. The van der Waals surface area contributed by atoms with E-state index in [1.807, 2.05) is 13.8 Å². The van der Waals surface area contributed by atoms with E-state index in [9.17, 15) is 9.59 Å². The zero-order chi connectivity index (χ0) is 18.1. The molecule has 3 N–H and O–H groups in total. The van der Waals surface area contributed by atoms with Crippen molar-refractivity contribution in [3.63, 3.8) is 0 Å². The van der Waals surface area contributed by atoms with Crippen LogP contribution in [0.4, 0.5) is 10.5 Å². The van der Waals surface area contributed by atoms with Crippen LogP contribution in [0.15, 0.2) is 29.7 Å². The largest absolute Gasteiger partial charge is 0.490 e. The molecule has 0 spiro atoms. The van der Waals surface area contributed by atoms with E-state index in [0.29, 0.717) is 35.6 Å². The summed E-state index contributed by atoms with van der Waals surface area (Å²) in [6.07, 6.45) is 1.34. The highest BCUT2D eigenvalue weighted by atomic mass is 32.2. The van der Waals surface area contributed by atoms with Crippen LogP contribution in [0.2, 0.25) is 0 Å². The van der Waals surface area contributed by atoms with Crippen molar-refractivity contribution >= 4 is 29.4 Å². The van der Waals surface area contributed by atoms with Gasteiger partial charge in [-0.1, -0.05) is 11.8 Å². The highest BCUT2D eigenvalue weighted by Gasteiger charge is 2.11. The fourth-order valence-electron chi connectivity index (χ4n) is 1.85. The molecule has 0 saturated heterocycles. The highest BCUT2D eigenvalue weighted by molar-refractivity contribution is 7.99. The van der Waals surface area contributed by atoms with Crippen LogP contribution in [0.25, 0.3) is 0 Å². The van der Waals surface area contributed by atoms with Crippen LogP contribution in [0.3, 0.4) is 0 Å². The Labute approximate surface area is 148 Å². The zero-order valence-electron chi connectivity index (χ0n) is 13.9. The van der Waals surface area contributed by atoms with E-state index in [1.54, 1.807) is 18.2 Å². The van der Waals surface area contributed by atoms with Gasteiger partial charge in [0.25, 0.3) is 0 Å². The van der Waals surface area contributed by atoms with Crippen molar-refractivity contribution in [3.8, 4) is 11.5 Å². The first kappa shape index (κ1) is 18.6. The second-order valence-electron chi connectivity index (χ2n) is 4.61.